The van der Waals surface area contributed by atoms with Crippen molar-refractivity contribution in [3.63, 3.8) is 0 Å². The van der Waals surface area contributed by atoms with Crippen molar-refractivity contribution in [2.75, 3.05) is 11.5 Å². The molecule has 1 aliphatic heterocycles. The molecule has 1 fully saturated rings. The number of hydrogen-bond donors (Lipinski definition) is 1. The molecule has 4 rings (SSSR count). The third kappa shape index (κ3) is 5.81. The molecular formula is C29H28N2O5. The van der Waals surface area contributed by atoms with Crippen LogP contribution >= 0.6 is 0 Å². The number of nitrogens with one attached hydrogen (secondary N) is 1. The number of amides is 4. The Morgan fingerprint density at radius 3 is 2.44 bits per heavy atom. The highest BCUT2D eigenvalue weighted by Gasteiger charge is 2.37. The predicted octanol–water partition coefficient (Wildman–Crippen LogP) is 5.42. The minimum Gasteiger partial charge on any atom is -0.494 e. The molecule has 1 heterocycles. The lowest BCUT2D eigenvalue weighted by Gasteiger charge is -2.26. The summed E-state index contributed by atoms with van der Waals surface area (Å²) < 4.78 is 11.6. The van der Waals surface area contributed by atoms with Crippen LogP contribution in [-0.4, -0.2) is 24.5 Å². The number of anilines is 1. The highest BCUT2D eigenvalue weighted by atomic mass is 16.5. The zero-order valence-electron chi connectivity index (χ0n) is 20.3. The van der Waals surface area contributed by atoms with E-state index in [9.17, 15) is 14.4 Å². The van der Waals surface area contributed by atoms with Gasteiger partial charge in [-0.3, -0.25) is 14.9 Å². The van der Waals surface area contributed by atoms with E-state index < -0.39 is 17.8 Å². The van der Waals surface area contributed by atoms with Gasteiger partial charge < -0.3 is 9.47 Å². The van der Waals surface area contributed by atoms with Crippen molar-refractivity contribution in [2.24, 2.45) is 0 Å². The van der Waals surface area contributed by atoms with Crippen LogP contribution in [-0.2, 0) is 16.2 Å². The summed E-state index contributed by atoms with van der Waals surface area (Å²) in [5.41, 5.74) is 2.86. The molecule has 7 heteroatoms. The van der Waals surface area contributed by atoms with E-state index in [2.05, 4.69) is 12.2 Å². The van der Waals surface area contributed by atoms with Crippen molar-refractivity contribution in [1.82, 2.24) is 5.32 Å². The Balaban J connectivity index is 1.56. The number of carbonyl (C=O) groups is 3. The number of ether oxygens (including phenoxy) is 2. The third-order valence-electron chi connectivity index (χ3n) is 5.66. The van der Waals surface area contributed by atoms with Gasteiger partial charge in [0, 0.05) is 5.56 Å². The standard InChI is InChI=1S/C29H28N2O5/c1-3-4-16-35-24-14-12-23(13-15-24)31-28(33)25(27(32)30-29(31)34)18-22-10-5-6-11-26(22)36-19-21-9-7-8-20(2)17-21/h5-15,17-18H,3-4,16,19H2,1-2H3,(H,30,32,34)/b25-18-. The Hall–Kier alpha value is -4.39. The van der Waals surface area contributed by atoms with E-state index in [1.165, 1.54) is 6.08 Å². The van der Waals surface area contributed by atoms with Gasteiger partial charge in [-0.1, -0.05) is 61.4 Å². The third-order valence-corrected chi connectivity index (χ3v) is 5.66. The summed E-state index contributed by atoms with van der Waals surface area (Å²) in [6.45, 7) is 5.01. The van der Waals surface area contributed by atoms with Crippen molar-refractivity contribution in [3.05, 3.63) is 95.1 Å². The maximum absolute atomic E-state index is 13.3. The van der Waals surface area contributed by atoms with Crippen LogP contribution in [0.15, 0.2) is 78.4 Å². The van der Waals surface area contributed by atoms with Crippen molar-refractivity contribution in [3.8, 4) is 11.5 Å². The van der Waals surface area contributed by atoms with E-state index in [0.29, 0.717) is 36.0 Å². The fourth-order valence-corrected chi connectivity index (χ4v) is 3.77. The average Bonchev–Trinajstić information content (AvgIpc) is 2.87. The number of imide groups is 2. The van der Waals surface area contributed by atoms with Crippen LogP contribution in [0.5, 0.6) is 11.5 Å². The Bertz CT molecular complexity index is 1300. The number of unbranched alkanes of at least 4 members (excludes halogenated alkanes) is 1. The molecule has 0 unspecified atom stereocenters. The normalized spacial score (nSPS) is 14.7. The molecule has 3 aromatic carbocycles. The lowest BCUT2D eigenvalue weighted by atomic mass is 10.1. The highest BCUT2D eigenvalue weighted by Crippen LogP contribution is 2.27. The molecule has 0 aromatic heterocycles. The maximum atomic E-state index is 13.3. The smallest absolute Gasteiger partial charge is 0.335 e. The largest absolute Gasteiger partial charge is 0.494 e. The van der Waals surface area contributed by atoms with Crippen molar-refractivity contribution in [2.45, 2.75) is 33.3 Å². The first-order valence-electron chi connectivity index (χ1n) is 11.9. The van der Waals surface area contributed by atoms with Crippen LogP contribution in [0.4, 0.5) is 10.5 Å². The SMILES string of the molecule is CCCCOc1ccc(N2C(=O)NC(=O)/C(=C/c3ccccc3OCc3cccc(C)c3)C2=O)cc1. The van der Waals surface area contributed by atoms with Gasteiger partial charge in [0.15, 0.2) is 0 Å². The van der Waals surface area contributed by atoms with Crippen molar-refractivity contribution < 1.29 is 23.9 Å². The molecule has 184 valence electrons. The number of aryl methyl sites for hydroxylation is 1. The van der Waals surface area contributed by atoms with Crippen LogP contribution in [0.2, 0.25) is 0 Å². The van der Waals surface area contributed by atoms with Crippen molar-refractivity contribution in [1.29, 1.82) is 0 Å². The summed E-state index contributed by atoms with van der Waals surface area (Å²) in [6.07, 6.45) is 3.40. The minimum atomic E-state index is -0.800. The van der Waals surface area contributed by atoms with E-state index in [1.807, 2.05) is 37.3 Å². The van der Waals surface area contributed by atoms with E-state index in [4.69, 9.17) is 9.47 Å². The maximum Gasteiger partial charge on any atom is 0.335 e. The molecule has 0 radical (unpaired) electrons. The summed E-state index contributed by atoms with van der Waals surface area (Å²) in [6, 6.07) is 20.9. The molecule has 3 aromatic rings. The lowest BCUT2D eigenvalue weighted by molar-refractivity contribution is -0.122. The Kier molecular flexibility index (Phi) is 7.80. The van der Waals surface area contributed by atoms with Gasteiger partial charge in [0.05, 0.1) is 12.3 Å². The average molecular weight is 485 g/mol. The number of para-hydroxylation sites is 1. The quantitative estimate of drug-likeness (QED) is 0.249. The van der Waals surface area contributed by atoms with Gasteiger partial charge in [0.25, 0.3) is 11.8 Å². The van der Waals surface area contributed by atoms with Crippen LogP contribution in [0, 0.1) is 6.92 Å². The number of urea groups is 1. The molecule has 0 bridgehead atoms. The van der Waals surface area contributed by atoms with E-state index >= 15 is 0 Å². The molecular weight excluding hydrogens is 456 g/mol. The first-order chi connectivity index (χ1) is 17.5. The molecule has 0 atom stereocenters. The Labute approximate surface area is 210 Å². The second-order valence-electron chi connectivity index (χ2n) is 8.47. The van der Waals surface area contributed by atoms with Gasteiger partial charge in [-0.05, 0) is 55.3 Å². The zero-order valence-corrected chi connectivity index (χ0v) is 20.3. The summed E-state index contributed by atoms with van der Waals surface area (Å²) >= 11 is 0. The second kappa shape index (κ2) is 11.4. The number of nitrogens with zero attached hydrogens (tertiary/aromatic N) is 1. The molecule has 0 aliphatic carbocycles. The van der Waals surface area contributed by atoms with Crippen molar-refractivity contribution >= 4 is 29.6 Å². The predicted molar refractivity (Wildman–Crippen MR) is 138 cm³/mol. The number of hydrogen-bond acceptors (Lipinski definition) is 5. The Morgan fingerprint density at radius 1 is 0.917 bits per heavy atom. The number of barbiturate groups is 1. The molecule has 0 spiro atoms. The van der Waals surface area contributed by atoms with Gasteiger partial charge in [-0.15, -0.1) is 0 Å². The summed E-state index contributed by atoms with van der Waals surface area (Å²) in [7, 11) is 0. The van der Waals surface area contributed by atoms with Crippen LogP contribution in [0.1, 0.15) is 36.5 Å². The summed E-state index contributed by atoms with van der Waals surface area (Å²) in [4.78, 5) is 39.4. The first-order valence-corrected chi connectivity index (χ1v) is 11.9. The molecule has 7 nitrogen and oxygen atoms in total. The Morgan fingerprint density at radius 2 is 1.69 bits per heavy atom. The fourth-order valence-electron chi connectivity index (χ4n) is 3.77. The van der Waals surface area contributed by atoms with E-state index in [0.717, 1.165) is 28.9 Å². The molecule has 4 amide bonds. The van der Waals surface area contributed by atoms with Gasteiger partial charge in [-0.2, -0.15) is 0 Å². The van der Waals surface area contributed by atoms with Gasteiger partial charge in [0.1, 0.15) is 23.7 Å². The number of rotatable bonds is 9. The second-order valence-corrected chi connectivity index (χ2v) is 8.47. The van der Waals surface area contributed by atoms with Crippen LogP contribution in [0.3, 0.4) is 0 Å². The fraction of sp³-hybridized carbons (Fsp3) is 0.207. The molecule has 1 N–H and O–H groups in total. The number of benzene rings is 3. The zero-order chi connectivity index (χ0) is 25.5. The van der Waals surface area contributed by atoms with E-state index in [1.54, 1.807) is 42.5 Å². The highest BCUT2D eigenvalue weighted by molar-refractivity contribution is 6.39. The topological polar surface area (TPSA) is 84.9 Å². The summed E-state index contributed by atoms with van der Waals surface area (Å²) in [5, 5.41) is 2.26. The van der Waals surface area contributed by atoms with Gasteiger partial charge in [0.2, 0.25) is 0 Å². The lowest BCUT2D eigenvalue weighted by Crippen LogP contribution is -2.54. The molecule has 36 heavy (non-hydrogen) atoms. The summed E-state index contributed by atoms with van der Waals surface area (Å²) in [5.74, 6) is -0.307. The monoisotopic (exact) mass is 484 g/mol. The van der Waals surface area contributed by atoms with Gasteiger partial charge in [-0.25, -0.2) is 9.69 Å². The van der Waals surface area contributed by atoms with E-state index in [-0.39, 0.29) is 5.57 Å². The molecule has 0 saturated carbocycles. The minimum absolute atomic E-state index is 0.163. The first kappa shape index (κ1) is 24.7. The van der Waals surface area contributed by atoms with Crippen LogP contribution in [0.25, 0.3) is 6.08 Å². The number of carbonyl (C=O) groups excluding carboxylic acids is 3. The molecule has 1 aliphatic rings. The molecule has 1 saturated heterocycles. The van der Waals surface area contributed by atoms with Crippen LogP contribution < -0.4 is 19.7 Å². The van der Waals surface area contributed by atoms with Gasteiger partial charge >= 0.3 is 6.03 Å².